The molecule has 2 aromatic carbocycles. The van der Waals surface area contributed by atoms with Gasteiger partial charge in [-0.3, -0.25) is 14.3 Å². The predicted octanol–water partition coefficient (Wildman–Crippen LogP) is 3.03. The van der Waals surface area contributed by atoms with E-state index in [1.54, 1.807) is 49.0 Å². The van der Waals surface area contributed by atoms with Crippen LogP contribution < -0.4 is 10.9 Å². The van der Waals surface area contributed by atoms with Crippen LogP contribution in [0.5, 0.6) is 0 Å². The first-order valence-electron chi connectivity index (χ1n) is 8.52. The van der Waals surface area contributed by atoms with Crippen LogP contribution in [0.3, 0.4) is 0 Å². The van der Waals surface area contributed by atoms with Crippen LogP contribution in [0.15, 0.2) is 64.3 Å². The average molecular weight is 439 g/mol. The van der Waals surface area contributed by atoms with E-state index in [1.807, 2.05) is 0 Å². The Morgan fingerprint density at radius 3 is 2.10 bits per heavy atom. The number of nitrogens with one attached hydrogen (secondary N) is 1. The molecule has 0 aliphatic carbocycles. The largest absolute Gasteiger partial charge is 0.501 e. The maximum absolute atomic E-state index is 12.8. The van der Waals surface area contributed by atoms with Gasteiger partial charge < -0.3 is 5.32 Å². The Bertz CT molecular complexity index is 1260. The van der Waals surface area contributed by atoms with E-state index in [0.717, 1.165) is 12.1 Å². The summed E-state index contributed by atoms with van der Waals surface area (Å²) in [6.45, 7) is 1.62. The molecule has 11 heteroatoms. The number of benzene rings is 2. The monoisotopic (exact) mass is 439 g/mol. The van der Waals surface area contributed by atoms with Crippen molar-refractivity contribution in [3.8, 4) is 5.69 Å². The van der Waals surface area contributed by atoms with E-state index in [0.29, 0.717) is 23.5 Å². The number of amides is 1. The van der Waals surface area contributed by atoms with Gasteiger partial charge in [0.05, 0.1) is 16.3 Å². The van der Waals surface area contributed by atoms with Gasteiger partial charge in [0.15, 0.2) is 0 Å². The molecule has 0 saturated heterocycles. The molecule has 0 unspecified atom stereocenters. The molecule has 30 heavy (non-hydrogen) atoms. The molecule has 0 radical (unpaired) electrons. The molecule has 1 N–H and O–H groups in total. The average Bonchev–Trinajstić information content (AvgIpc) is 2.91. The number of hydrogen-bond acceptors (Lipinski definition) is 4. The predicted molar refractivity (Wildman–Crippen MR) is 103 cm³/mol. The third-order valence-electron chi connectivity index (χ3n) is 4.52. The fraction of sp³-hybridized carbons (Fsp3) is 0.158. The zero-order chi connectivity index (χ0) is 22.3. The van der Waals surface area contributed by atoms with E-state index in [2.05, 4.69) is 5.32 Å². The van der Waals surface area contributed by atoms with Gasteiger partial charge in [0.2, 0.25) is 0 Å². The first-order valence-corrected chi connectivity index (χ1v) is 10.0. The fourth-order valence-electron chi connectivity index (χ4n) is 2.82. The van der Waals surface area contributed by atoms with E-state index in [9.17, 15) is 31.2 Å². The van der Waals surface area contributed by atoms with Gasteiger partial charge in [-0.2, -0.15) is 13.2 Å². The molecular weight excluding hydrogens is 423 g/mol. The molecule has 3 rings (SSSR count). The van der Waals surface area contributed by atoms with Gasteiger partial charge in [0.1, 0.15) is 5.69 Å². The number of hydrogen-bond donors (Lipinski definition) is 1. The highest BCUT2D eigenvalue weighted by Crippen LogP contribution is 2.30. The number of nitrogens with zero attached hydrogens (tertiary/aromatic N) is 2. The van der Waals surface area contributed by atoms with E-state index < -0.39 is 31.7 Å². The number of sulfone groups is 1. The van der Waals surface area contributed by atoms with E-state index >= 15 is 0 Å². The number of rotatable bonds is 4. The minimum absolute atomic E-state index is 0.00153. The summed E-state index contributed by atoms with van der Waals surface area (Å²) in [5, 5.41) is 2.45. The Balaban J connectivity index is 1.92. The second kappa shape index (κ2) is 7.48. The number of aromatic nitrogens is 2. The molecule has 0 bridgehead atoms. The maximum atomic E-state index is 12.8. The third kappa shape index (κ3) is 3.63. The Labute approximate surface area is 169 Å². The minimum Gasteiger partial charge on any atom is -0.316 e. The Kier molecular flexibility index (Phi) is 5.33. The molecule has 0 fully saturated rings. The number of halogens is 3. The highest BCUT2D eigenvalue weighted by molar-refractivity contribution is 7.92. The van der Waals surface area contributed by atoms with Gasteiger partial charge in [-0.05, 0) is 43.3 Å². The lowest BCUT2D eigenvalue weighted by Gasteiger charge is -2.09. The normalized spacial score (nSPS) is 12.0. The second-order valence-electron chi connectivity index (χ2n) is 6.36. The van der Waals surface area contributed by atoms with Crippen LogP contribution in [-0.4, -0.2) is 29.2 Å². The number of alkyl halides is 3. The smallest absolute Gasteiger partial charge is 0.316 e. The zero-order valence-electron chi connectivity index (χ0n) is 15.8. The molecule has 7 nitrogen and oxygen atoms in total. The summed E-state index contributed by atoms with van der Waals surface area (Å²) >= 11 is 0. The van der Waals surface area contributed by atoms with Gasteiger partial charge in [0.25, 0.3) is 21.3 Å². The molecule has 0 atom stereocenters. The van der Waals surface area contributed by atoms with Gasteiger partial charge >= 0.3 is 5.51 Å². The van der Waals surface area contributed by atoms with Crippen molar-refractivity contribution in [2.24, 2.45) is 7.05 Å². The van der Waals surface area contributed by atoms with Crippen molar-refractivity contribution in [1.82, 2.24) is 9.36 Å². The summed E-state index contributed by atoms with van der Waals surface area (Å²) < 4.78 is 63.6. The Morgan fingerprint density at radius 1 is 1.00 bits per heavy atom. The van der Waals surface area contributed by atoms with Gasteiger partial charge in [-0.1, -0.05) is 18.2 Å². The first-order chi connectivity index (χ1) is 13.9. The molecule has 1 amide bonds. The highest BCUT2D eigenvalue weighted by atomic mass is 32.2. The summed E-state index contributed by atoms with van der Waals surface area (Å²) in [5.74, 6) is -0.767. The van der Waals surface area contributed by atoms with Crippen molar-refractivity contribution in [2.45, 2.75) is 17.3 Å². The number of carbonyl (C=O) groups is 1. The Hall–Kier alpha value is -3.34. The Morgan fingerprint density at radius 2 is 1.57 bits per heavy atom. The summed E-state index contributed by atoms with van der Waals surface area (Å²) in [5.41, 5.74) is -5.02. The van der Waals surface area contributed by atoms with Gasteiger partial charge in [-0.25, -0.2) is 13.1 Å². The zero-order valence-corrected chi connectivity index (χ0v) is 16.6. The quantitative estimate of drug-likeness (QED) is 0.677. The van der Waals surface area contributed by atoms with Crippen LogP contribution in [0.1, 0.15) is 16.1 Å². The van der Waals surface area contributed by atoms with Crippen molar-refractivity contribution in [1.29, 1.82) is 0 Å². The number of carbonyl (C=O) groups excluding carboxylic acids is 1. The molecule has 1 heterocycles. The summed E-state index contributed by atoms with van der Waals surface area (Å²) in [6.07, 6.45) is 0. The van der Waals surface area contributed by atoms with Crippen LogP contribution in [0.4, 0.5) is 18.9 Å². The lowest BCUT2D eigenvalue weighted by Crippen LogP contribution is -2.24. The molecule has 0 aliphatic heterocycles. The lowest BCUT2D eigenvalue weighted by molar-refractivity contribution is -0.0436. The van der Waals surface area contributed by atoms with Crippen LogP contribution in [-0.2, 0) is 16.9 Å². The van der Waals surface area contributed by atoms with Gasteiger partial charge in [0, 0.05) is 12.6 Å². The molecule has 0 spiro atoms. The minimum atomic E-state index is -5.51. The van der Waals surface area contributed by atoms with Crippen LogP contribution in [0, 0.1) is 6.92 Å². The molecular formula is C19H16F3N3O4S. The topological polar surface area (TPSA) is 90.2 Å². The molecule has 1 aromatic heterocycles. The SMILES string of the molecule is Cc1c(NC(=O)c2ccc(S(=O)(=O)C(F)(F)F)cc2)c(=O)n(-c2ccccc2)n1C. The first kappa shape index (κ1) is 21.4. The lowest BCUT2D eigenvalue weighted by atomic mass is 10.2. The fourth-order valence-corrected chi connectivity index (χ4v) is 3.58. The summed E-state index contributed by atoms with van der Waals surface area (Å²) in [6, 6.07) is 12.0. The molecule has 158 valence electrons. The second-order valence-corrected chi connectivity index (χ2v) is 8.31. The standard InChI is InChI=1S/C19H16F3N3O4S/c1-12-16(18(27)25(24(12)2)14-6-4-3-5-7-14)23-17(26)13-8-10-15(11-9-13)30(28,29)19(20,21)22/h3-11H,1-2H3,(H,23,26). The van der Waals surface area contributed by atoms with E-state index in [-0.39, 0.29) is 11.3 Å². The van der Waals surface area contributed by atoms with Crippen molar-refractivity contribution < 1.29 is 26.4 Å². The van der Waals surface area contributed by atoms with Gasteiger partial charge in [-0.15, -0.1) is 0 Å². The molecule has 0 aliphatic rings. The molecule has 0 saturated carbocycles. The van der Waals surface area contributed by atoms with Crippen molar-refractivity contribution in [2.75, 3.05) is 5.32 Å². The van der Waals surface area contributed by atoms with E-state index in [4.69, 9.17) is 0 Å². The summed E-state index contributed by atoms with van der Waals surface area (Å²) in [7, 11) is -3.88. The summed E-state index contributed by atoms with van der Waals surface area (Å²) in [4.78, 5) is 24.3. The third-order valence-corrected chi connectivity index (χ3v) is 6.03. The maximum Gasteiger partial charge on any atom is 0.501 e. The van der Waals surface area contributed by atoms with Crippen LogP contribution in [0.2, 0.25) is 0 Å². The van der Waals surface area contributed by atoms with Crippen molar-refractivity contribution >= 4 is 21.4 Å². The highest BCUT2D eigenvalue weighted by Gasteiger charge is 2.46. The van der Waals surface area contributed by atoms with Crippen molar-refractivity contribution in [3.63, 3.8) is 0 Å². The number of anilines is 1. The van der Waals surface area contributed by atoms with Crippen LogP contribution >= 0.6 is 0 Å². The van der Waals surface area contributed by atoms with E-state index in [1.165, 1.54) is 4.68 Å². The van der Waals surface area contributed by atoms with Crippen LogP contribution in [0.25, 0.3) is 5.69 Å². The van der Waals surface area contributed by atoms with Crippen molar-refractivity contribution in [3.05, 3.63) is 76.2 Å². The molecule has 3 aromatic rings. The number of para-hydroxylation sites is 1.